The number of benzene rings is 1. The molecule has 0 atom stereocenters. The minimum absolute atomic E-state index is 0.0513. The van der Waals surface area contributed by atoms with Crippen molar-refractivity contribution in [2.45, 2.75) is 18.0 Å². The number of hydrogen-bond donors (Lipinski definition) is 0. The SMILES string of the molecule is Cc1cc2c(cc1S(=O)(=O)N1CCN(c3ccc(C(F)(F)F)cn3)CC1)oc(=O)n2C. The first-order valence-electron chi connectivity index (χ1n) is 9.37. The maximum Gasteiger partial charge on any atom is 0.419 e. The number of aryl methyl sites for hydroxylation is 2. The van der Waals surface area contributed by atoms with E-state index in [9.17, 15) is 26.4 Å². The summed E-state index contributed by atoms with van der Waals surface area (Å²) in [6, 6.07) is 5.18. The Balaban J connectivity index is 1.54. The molecule has 1 aromatic carbocycles. The molecular weight excluding hydrogens is 437 g/mol. The zero-order chi connectivity index (χ0) is 22.6. The Kier molecular flexibility index (Phi) is 5.09. The van der Waals surface area contributed by atoms with Crippen molar-refractivity contribution in [1.82, 2.24) is 13.9 Å². The van der Waals surface area contributed by atoms with Crippen LogP contribution in [0, 0.1) is 6.92 Å². The van der Waals surface area contributed by atoms with Crippen molar-refractivity contribution in [3.63, 3.8) is 0 Å². The van der Waals surface area contributed by atoms with Gasteiger partial charge in [-0.2, -0.15) is 17.5 Å². The second-order valence-electron chi connectivity index (χ2n) is 7.31. The predicted molar refractivity (Wildman–Crippen MR) is 106 cm³/mol. The number of anilines is 1. The van der Waals surface area contributed by atoms with Crippen LogP contribution in [0.25, 0.3) is 11.1 Å². The monoisotopic (exact) mass is 456 g/mol. The van der Waals surface area contributed by atoms with E-state index in [1.54, 1.807) is 17.9 Å². The van der Waals surface area contributed by atoms with Crippen LogP contribution in [-0.2, 0) is 23.2 Å². The first-order chi connectivity index (χ1) is 14.5. The molecule has 1 saturated heterocycles. The number of piperazine rings is 1. The highest BCUT2D eigenvalue weighted by Crippen LogP contribution is 2.30. The van der Waals surface area contributed by atoms with Gasteiger partial charge < -0.3 is 9.32 Å². The summed E-state index contributed by atoms with van der Waals surface area (Å²) in [5.74, 6) is -0.227. The fourth-order valence-corrected chi connectivity index (χ4v) is 5.22. The van der Waals surface area contributed by atoms with Crippen LogP contribution in [0.15, 0.2) is 44.6 Å². The van der Waals surface area contributed by atoms with E-state index in [0.29, 0.717) is 16.9 Å². The summed E-state index contributed by atoms with van der Waals surface area (Å²) in [5, 5.41) is 0. The number of hydrogen-bond acceptors (Lipinski definition) is 6. The molecule has 0 aliphatic carbocycles. The van der Waals surface area contributed by atoms with Gasteiger partial charge in [0.1, 0.15) is 5.82 Å². The molecule has 4 rings (SSSR count). The molecule has 0 radical (unpaired) electrons. The van der Waals surface area contributed by atoms with Crippen molar-refractivity contribution in [2.24, 2.45) is 7.05 Å². The summed E-state index contributed by atoms with van der Waals surface area (Å²) >= 11 is 0. The van der Waals surface area contributed by atoms with Gasteiger partial charge in [0.25, 0.3) is 0 Å². The maximum atomic E-state index is 13.2. The normalized spacial score (nSPS) is 16.2. The number of fused-ring (bicyclic) bond motifs is 1. The number of rotatable bonds is 3. The lowest BCUT2D eigenvalue weighted by atomic mass is 10.2. The van der Waals surface area contributed by atoms with E-state index in [1.807, 2.05) is 0 Å². The van der Waals surface area contributed by atoms with Crippen LogP contribution >= 0.6 is 0 Å². The van der Waals surface area contributed by atoms with Gasteiger partial charge in [-0.3, -0.25) is 4.57 Å². The number of aromatic nitrogens is 2. The molecule has 3 aromatic rings. The fraction of sp³-hybridized carbons (Fsp3) is 0.368. The largest absolute Gasteiger partial charge is 0.419 e. The highest BCUT2D eigenvalue weighted by molar-refractivity contribution is 7.89. The van der Waals surface area contributed by atoms with E-state index in [2.05, 4.69) is 4.98 Å². The van der Waals surface area contributed by atoms with Gasteiger partial charge in [-0.25, -0.2) is 18.2 Å². The predicted octanol–water partition coefficient (Wildman–Crippen LogP) is 2.36. The molecule has 1 aliphatic rings. The maximum absolute atomic E-state index is 13.2. The van der Waals surface area contributed by atoms with Gasteiger partial charge in [-0.15, -0.1) is 0 Å². The van der Waals surface area contributed by atoms with Crippen molar-refractivity contribution in [1.29, 1.82) is 0 Å². The van der Waals surface area contributed by atoms with Gasteiger partial charge in [-0.05, 0) is 30.7 Å². The zero-order valence-electron chi connectivity index (χ0n) is 16.7. The highest BCUT2D eigenvalue weighted by Gasteiger charge is 2.33. The topological polar surface area (TPSA) is 88.7 Å². The Morgan fingerprint density at radius 1 is 1.10 bits per heavy atom. The van der Waals surface area contributed by atoms with E-state index < -0.39 is 27.5 Å². The summed E-state index contributed by atoms with van der Waals surface area (Å²) in [5.41, 5.74) is 0.329. The molecule has 3 heterocycles. The smallest absolute Gasteiger partial charge is 0.408 e. The van der Waals surface area contributed by atoms with Gasteiger partial charge in [-0.1, -0.05) is 0 Å². The van der Waals surface area contributed by atoms with Gasteiger partial charge in [0.05, 0.1) is 16.0 Å². The summed E-state index contributed by atoms with van der Waals surface area (Å²) in [4.78, 5) is 17.4. The number of sulfonamides is 1. The molecule has 0 spiro atoms. The second-order valence-corrected chi connectivity index (χ2v) is 9.21. The Morgan fingerprint density at radius 2 is 1.77 bits per heavy atom. The quantitative estimate of drug-likeness (QED) is 0.601. The van der Waals surface area contributed by atoms with E-state index in [1.165, 1.54) is 28.1 Å². The van der Waals surface area contributed by atoms with Crippen LogP contribution in [0.1, 0.15) is 11.1 Å². The molecule has 31 heavy (non-hydrogen) atoms. The fourth-order valence-electron chi connectivity index (χ4n) is 3.57. The molecule has 12 heteroatoms. The third kappa shape index (κ3) is 3.81. The summed E-state index contributed by atoms with van der Waals surface area (Å²) in [6.07, 6.45) is -3.69. The third-order valence-corrected chi connectivity index (χ3v) is 7.39. The molecule has 0 amide bonds. The van der Waals surface area contributed by atoms with Crippen LogP contribution in [-0.4, -0.2) is 48.5 Å². The summed E-state index contributed by atoms with van der Waals surface area (Å²) in [6.45, 7) is 2.48. The molecule has 1 fully saturated rings. The first-order valence-corrected chi connectivity index (χ1v) is 10.8. The van der Waals surface area contributed by atoms with Crippen molar-refractivity contribution >= 4 is 26.9 Å². The van der Waals surface area contributed by atoms with Crippen LogP contribution in [0.2, 0.25) is 0 Å². The number of oxazole rings is 1. The van der Waals surface area contributed by atoms with Crippen LogP contribution in [0.5, 0.6) is 0 Å². The molecular formula is C19H19F3N4O4S. The van der Waals surface area contributed by atoms with Gasteiger partial charge in [0.15, 0.2) is 5.58 Å². The molecule has 0 saturated carbocycles. The molecule has 0 bridgehead atoms. The molecule has 8 nitrogen and oxygen atoms in total. The van der Waals surface area contributed by atoms with Gasteiger partial charge in [0, 0.05) is 45.5 Å². The Morgan fingerprint density at radius 3 is 2.35 bits per heavy atom. The van der Waals surface area contributed by atoms with Crippen molar-refractivity contribution in [3.05, 3.63) is 52.1 Å². The lowest BCUT2D eigenvalue weighted by Gasteiger charge is -2.35. The van der Waals surface area contributed by atoms with E-state index in [0.717, 1.165) is 12.3 Å². The van der Waals surface area contributed by atoms with Crippen LogP contribution < -0.4 is 10.7 Å². The molecule has 2 aromatic heterocycles. The Hall–Kier alpha value is -2.86. The van der Waals surface area contributed by atoms with Crippen LogP contribution in [0.3, 0.4) is 0 Å². The summed E-state index contributed by atoms with van der Waals surface area (Å²) in [7, 11) is -2.32. The van der Waals surface area contributed by atoms with E-state index >= 15 is 0 Å². The lowest BCUT2D eigenvalue weighted by Crippen LogP contribution is -2.49. The summed E-state index contributed by atoms with van der Waals surface area (Å²) < 4.78 is 72.2. The molecule has 1 aliphatic heterocycles. The van der Waals surface area contributed by atoms with Crippen molar-refractivity contribution in [3.8, 4) is 0 Å². The highest BCUT2D eigenvalue weighted by atomic mass is 32.2. The van der Waals surface area contributed by atoms with Crippen LogP contribution in [0.4, 0.5) is 19.0 Å². The van der Waals surface area contributed by atoms with Crippen molar-refractivity contribution in [2.75, 3.05) is 31.1 Å². The first kappa shape index (κ1) is 21.4. The number of alkyl halides is 3. The minimum atomic E-state index is -4.46. The van der Waals surface area contributed by atoms with Gasteiger partial charge >= 0.3 is 11.9 Å². The average molecular weight is 456 g/mol. The second kappa shape index (κ2) is 7.38. The Labute approximate surface area is 175 Å². The number of halogens is 3. The standard InChI is InChI=1S/C19H19F3N4O4S/c1-12-9-14-15(30-18(27)24(14)2)10-16(12)31(28,29)26-7-5-25(6-8-26)17-4-3-13(11-23-17)19(20,21)22/h3-4,9-11H,5-8H2,1-2H3. The van der Waals surface area contributed by atoms with Crippen molar-refractivity contribution < 1.29 is 26.0 Å². The zero-order valence-corrected chi connectivity index (χ0v) is 17.5. The number of nitrogens with zero attached hydrogens (tertiary/aromatic N) is 4. The average Bonchev–Trinajstić information content (AvgIpc) is 3.00. The third-order valence-electron chi connectivity index (χ3n) is 5.34. The molecule has 0 unspecified atom stereocenters. The lowest BCUT2D eigenvalue weighted by molar-refractivity contribution is -0.137. The molecule has 166 valence electrons. The van der Waals surface area contributed by atoms with E-state index in [4.69, 9.17) is 4.42 Å². The number of pyridine rings is 1. The van der Waals surface area contributed by atoms with Gasteiger partial charge in [0.2, 0.25) is 10.0 Å². The minimum Gasteiger partial charge on any atom is -0.408 e. The molecule has 0 N–H and O–H groups in total. The Bertz CT molecular complexity index is 1290. The van der Waals surface area contributed by atoms with E-state index in [-0.39, 0.29) is 36.7 Å².